The van der Waals surface area contributed by atoms with Crippen molar-refractivity contribution in [2.75, 3.05) is 6.54 Å². The molecule has 1 saturated carbocycles. The van der Waals surface area contributed by atoms with Gasteiger partial charge in [-0.1, -0.05) is 61.8 Å². The van der Waals surface area contributed by atoms with Gasteiger partial charge < -0.3 is 4.74 Å². The Balaban J connectivity index is 1.42. The molecule has 31 heavy (non-hydrogen) atoms. The molecular weight excluding hydrogens is 406 g/mol. The topological polar surface area (TPSA) is 58.7 Å². The fourth-order valence-electron chi connectivity index (χ4n) is 5.92. The van der Waals surface area contributed by atoms with Gasteiger partial charge in [0.15, 0.2) is 0 Å². The second-order valence-electron chi connectivity index (χ2n) is 10.4. The van der Waals surface area contributed by atoms with Gasteiger partial charge in [-0.3, -0.25) is 0 Å². The van der Waals surface area contributed by atoms with Crippen LogP contribution >= 0.6 is 0 Å². The number of fused-ring (bicyclic) bond motifs is 2. The smallest absolute Gasteiger partial charge is 0.240 e. The summed E-state index contributed by atoms with van der Waals surface area (Å²) < 4.78 is 34.6. The summed E-state index contributed by atoms with van der Waals surface area (Å²) >= 11 is 0. The SMILES string of the molecule is Cc1ccc(S(=O)(=O)NCC2=CC=C3C4=C(C(C)C)CC[C@]4(C)CC[C@]34O[C@H]4C2)cc1. The largest absolute Gasteiger partial charge is 0.361 e. The van der Waals surface area contributed by atoms with Gasteiger partial charge in [-0.25, -0.2) is 13.1 Å². The van der Waals surface area contributed by atoms with Crippen LogP contribution in [0.1, 0.15) is 58.4 Å². The summed E-state index contributed by atoms with van der Waals surface area (Å²) in [4.78, 5) is 0.312. The summed E-state index contributed by atoms with van der Waals surface area (Å²) in [5, 5.41) is 0. The first-order valence-electron chi connectivity index (χ1n) is 11.5. The minimum absolute atomic E-state index is 0.145. The van der Waals surface area contributed by atoms with Crippen molar-refractivity contribution in [3.05, 3.63) is 64.3 Å². The quantitative estimate of drug-likeness (QED) is 0.641. The number of hydrogen-bond acceptors (Lipinski definition) is 3. The van der Waals surface area contributed by atoms with Crippen LogP contribution in [-0.4, -0.2) is 26.7 Å². The lowest BCUT2D eigenvalue weighted by molar-refractivity contribution is 0.235. The number of aryl methyl sites for hydroxylation is 1. The van der Waals surface area contributed by atoms with Gasteiger partial charge in [0, 0.05) is 6.54 Å². The molecule has 0 unspecified atom stereocenters. The number of nitrogens with one attached hydrogen (secondary N) is 1. The molecule has 5 rings (SSSR count). The predicted molar refractivity (Wildman–Crippen MR) is 123 cm³/mol. The van der Waals surface area contributed by atoms with Crippen LogP contribution in [0.5, 0.6) is 0 Å². The highest BCUT2D eigenvalue weighted by Gasteiger charge is 2.64. The van der Waals surface area contributed by atoms with E-state index in [-0.39, 0.29) is 17.1 Å². The molecule has 5 heteroatoms. The van der Waals surface area contributed by atoms with E-state index in [1.165, 1.54) is 24.8 Å². The third-order valence-electron chi connectivity index (χ3n) is 7.91. The van der Waals surface area contributed by atoms with Gasteiger partial charge in [0.05, 0.1) is 11.0 Å². The highest BCUT2D eigenvalue weighted by molar-refractivity contribution is 7.89. The van der Waals surface area contributed by atoms with Crippen molar-refractivity contribution in [1.82, 2.24) is 4.72 Å². The minimum Gasteiger partial charge on any atom is -0.361 e. The van der Waals surface area contributed by atoms with Gasteiger partial charge in [0.25, 0.3) is 0 Å². The number of sulfonamides is 1. The molecule has 1 spiro atoms. The molecule has 1 aliphatic heterocycles. The van der Waals surface area contributed by atoms with Crippen LogP contribution in [0.15, 0.2) is 63.6 Å². The maximum absolute atomic E-state index is 12.7. The van der Waals surface area contributed by atoms with Crippen LogP contribution in [-0.2, 0) is 14.8 Å². The first-order chi connectivity index (χ1) is 14.6. The summed E-state index contributed by atoms with van der Waals surface area (Å²) in [6, 6.07) is 6.98. The molecule has 166 valence electrons. The summed E-state index contributed by atoms with van der Waals surface area (Å²) in [7, 11) is -3.53. The molecule has 3 atom stereocenters. The van der Waals surface area contributed by atoms with E-state index in [4.69, 9.17) is 4.74 Å². The third kappa shape index (κ3) is 3.46. The fraction of sp³-hybridized carbons (Fsp3) is 0.538. The van der Waals surface area contributed by atoms with Crippen molar-refractivity contribution < 1.29 is 13.2 Å². The average Bonchev–Trinajstić information content (AvgIpc) is 3.31. The van der Waals surface area contributed by atoms with Crippen LogP contribution in [0.2, 0.25) is 0 Å². The number of benzene rings is 1. The first kappa shape index (κ1) is 21.2. The van der Waals surface area contributed by atoms with Gasteiger partial charge in [0.1, 0.15) is 5.60 Å². The van der Waals surface area contributed by atoms with Crippen molar-refractivity contribution in [3.63, 3.8) is 0 Å². The number of allylic oxidation sites excluding steroid dienone is 3. The zero-order valence-electron chi connectivity index (χ0n) is 19.0. The first-order valence-corrected chi connectivity index (χ1v) is 13.0. The van der Waals surface area contributed by atoms with Gasteiger partial charge in [-0.15, -0.1) is 0 Å². The van der Waals surface area contributed by atoms with E-state index in [0.29, 0.717) is 17.4 Å². The number of hydrogen-bond donors (Lipinski definition) is 1. The Morgan fingerprint density at radius 3 is 2.58 bits per heavy atom. The van der Waals surface area contributed by atoms with E-state index >= 15 is 0 Å². The van der Waals surface area contributed by atoms with Crippen LogP contribution in [0.25, 0.3) is 0 Å². The number of epoxide rings is 1. The standard InChI is InChI=1S/C26H33NO3S/c1-17(2)21-11-12-25(4)13-14-26-22(24(21)25)10-7-19(15-23(26)30-26)16-27-31(28,29)20-8-5-18(3)6-9-20/h5-10,17,23,27H,11-16H2,1-4H3/t23-,25+,26-/m0/s1. The molecule has 1 aromatic carbocycles. The molecule has 1 N–H and O–H groups in total. The van der Waals surface area contributed by atoms with Crippen molar-refractivity contribution in [3.8, 4) is 0 Å². The van der Waals surface area contributed by atoms with Crippen molar-refractivity contribution in [1.29, 1.82) is 0 Å². The van der Waals surface area contributed by atoms with Gasteiger partial charge >= 0.3 is 0 Å². The summed E-state index contributed by atoms with van der Waals surface area (Å²) in [6.07, 6.45) is 10.0. The Hall–Kier alpha value is -1.69. The molecule has 0 amide bonds. The number of rotatable bonds is 5. The van der Waals surface area contributed by atoms with Gasteiger partial charge in [-0.2, -0.15) is 0 Å². The van der Waals surface area contributed by atoms with Crippen LogP contribution < -0.4 is 4.72 Å². The molecule has 1 saturated heterocycles. The molecule has 1 heterocycles. The molecule has 1 aromatic rings. The van der Waals surface area contributed by atoms with E-state index in [1.807, 2.05) is 19.1 Å². The second-order valence-corrected chi connectivity index (χ2v) is 12.1. The zero-order chi connectivity index (χ0) is 22.0. The maximum atomic E-state index is 12.7. The van der Waals surface area contributed by atoms with Gasteiger partial charge in [0.2, 0.25) is 10.0 Å². The molecule has 4 aliphatic rings. The summed E-state index contributed by atoms with van der Waals surface area (Å²) in [6.45, 7) is 9.31. The monoisotopic (exact) mass is 439 g/mol. The molecule has 0 radical (unpaired) electrons. The summed E-state index contributed by atoms with van der Waals surface area (Å²) in [5.74, 6) is 0.554. The molecule has 3 aliphatic carbocycles. The Morgan fingerprint density at radius 2 is 1.87 bits per heavy atom. The van der Waals surface area contributed by atoms with Crippen LogP contribution in [0.4, 0.5) is 0 Å². The molecular formula is C26H33NO3S. The molecule has 0 aromatic heterocycles. The molecule has 0 bridgehead atoms. The predicted octanol–water partition coefficient (Wildman–Crippen LogP) is 5.21. The van der Waals surface area contributed by atoms with E-state index < -0.39 is 10.0 Å². The molecule has 4 nitrogen and oxygen atoms in total. The zero-order valence-corrected chi connectivity index (χ0v) is 19.8. The highest BCUT2D eigenvalue weighted by atomic mass is 32.2. The Kier molecular flexibility index (Phi) is 4.89. The van der Waals surface area contributed by atoms with Crippen molar-refractivity contribution >= 4 is 10.0 Å². The van der Waals surface area contributed by atoms with E-state index in [9.17, 15) is 8.42 Å². The second kappa shape index (κ2) is 7.16. The molecule has 2 fully saturated rings. The summed E-state index contributed by atoms with van der Waals surface area (Å²) in [5.41, 5.74) is 6.78. The average molecular weight is 440 g/mol. The lowest BCUT2D eigenvalue weighted by Gasteiger charge is -2.39. The van der Waals surface area contributed by atoms with Crippen LogP contribution in [0.3, 0.4) is 0 Å². The lowest BCUT2D eigenvalue weighted by atomic mass is 9.64. The maximum Gasteiger partial charge on any atom is 0.240 e. The van der Waals surface area contributed by atoms with Crippen LogP contribution in [0, 0.1) is 18.3 Å². The van der Waals surface area contributed by atoms with Gasteiger partial charge in [-0.05, 0) is 73.6 Å². The van der Waals surface area contributed by atoms with Crippen molar-refractivity contribution in [2.24, 2.45) is 11.3 Å². The minimum atomic E-state index is -3.53. The normalized spacial score (nSPS) is 32.1. The Labute approximate surface area is 186 Å². The van der Waals surface area contributed by atoms with E-state index in [0.717, 1.165) is 24.0 Å². The fourth-order valence-corrected chi connectivity index (χ4v) is 6.95. The Morgan fingerprint density at radius 1 is 1.13 bits per heavy atom. The van der Waals surface area contributed by atoms with E-state index in [1.54, 1.807) is 23.3 Å². The van der Waals surface area contributed by atoms with E-state index in [2.05, 4.69) is 37.6 Å². The van der Waals surface area contributed by atoms with Crippen molar-refractivity contribution in [2.45, 2.75) is 76.4 Å². The lowest BCUT2D eigenvalue weighted by Crippen LogP contribution is -2.34. The number of ether oxygens (including phenoxy) is 1. The highest BCUT2D eigenvalue weighted by Crippen LogP contribution is 2.65. The Bertz CT molecular complexity index is 1110. The third-order valence-corrected chi connectivity index (χ3v) is 9.33.